The Balaban J connectivity index is 2.34. The average molecular weight is 448 g/mol. The summed E-state index contributed by atoms with van der Waals surface area (Å²) in [6, 6.07) is 15.9. The van der Waals surface area contributed by atoms with Gasteiger partial charge in [0.1, 0.15) is 11.8 Å². The fraction of sp³-hybridized carbons (Fsp3) is 0.364. The number of esters is 1. The smallest absolute Gasteiger partial charge is 0.329 e. The minimum atomic E-state index is -0.684. The maximum absolute atomic E-state index is 13.3. The van der Waals surface area contributed by atoms with Crippen molar-refractivity contribution in [3.8, 4) is 5.75 Å². The minimum Gasteiger partial charge on any atom is -0.497 e. The van der Waals surface area contributed by atoms with Crippen molar-refractivity contribution >= 4 is 27.8 Å². The number of carbonyl (C=O) groups excluding carboxylic acids is 2. The Morgan fingerprint density at radius 3 is 2.32 bits per heavy atom. The van der Waals surface area contributed by atoms with Crippen LogP contribution < -0.4 is 4.74 Å². The van der Waals surface area contributed by atoms with Gasteiger partial charge in [0.2, 0.25) is 0 Å². The van der Waals surface area contributed by atoms with Gasteiger partial charge < -0.3 is 14.4 Å². The van der Waals surface area contributed by atoms with E-state index >= 15 is 0 Å². The lowest BCUT2D eigenvalue weighted by molar-refractivity contribution is -0.148. The number of nitrogens with zero attached hydrogens (tertiary/aromatic N) is 1. The molecule has 0 heterocycles. The molecule has 2 rings (SSSR count). The number of ether oxygens (including phenoxy) is 2. The summed E-state index contributed by atoms with van der Waals surface area (Å²) in [4.78, 5) is 27.6. The Morgan fingerprint density at radius 1 is 1.07 bits per heavy atom. The first-order valence-corrected chi connectivity index (χ1v) is 10.4. The molecule has 1 atom stereocenters. The van der Waals surface area contributed by atoms with Gasteiger partial charge in [0.25, 0.3) is 5.91 Å². The molecule has 2 aromatic rings. The largest absolute Gasteiger partial charge is 0.497 e. The zero-order chi connectivity index (χ0) is 20.4. The van der Waals surface area contributed by atoms with Crippen LogP contribution in [0.1, 0.15) is 29.3 Å². The topological polar surface area (TPSA) is 55.8 Å². The number of benzene rings is 2. The van der Waals surface area contributed by atoms with Crippen LogP contribution in [0.2, 0.25) is 0 Å². The first-order valence-electron chi connectivity index (χ1n) is 9.32. The van der Waals surface area contributed by atoms with Gasteiger partial charge in [-0.25, -0.2) is 4.79 Å². The van der Waals surface area contributed by atoms with Crippen LogP contribution in [0.25, 0.3) is 0 Å². The number of hydrogen-bond acceptors (Lipinski definition) is 4. The van der Waals surface area contributed by atoms with Gasteiger partial charge in [0.05, 0.1) is 13.7 Å². The molecule has 0 spiro atoms. The van der Waals surface area contributed by atoms with Gasteiger partial charge in [-0.05, 0) is 43.2 Å². The van der Waals surface area contributed by atoms with Crippen LogP contribution >= 0.6 is 15.9 Å². The monoisotopic (exact) mass is 447 g/mol. The van der Waals surface area contributed by atoms with Gasteiger partial charge in [-0.2, -0.15) is 0 Å². The lowest BCUT2D eigenvalue weighted by Gasteiger charge is -2.30. The predicted molar refractivity (Wildman–Crippen MR) is 113 cm³/mol. The van der Waals surface area contributed by atoms with Crippen LogP contribution in [0.3, 0.4) is 0 Å². The molecule has 6 heteroatoms. The van der Waals surface area contributed by atoms with Crippen LogP contribution in [0.4, 0.5) is 0 Å². The molecule has 0 unspecified atom stereocenters. The van der Waals surface area contributed by atoms with E-state index in [0.717, 1.165) is 17.3 Å². The first-order chi connectivity index (χ1) is 13.6. The third-order valence-electron chi connectivity index (χ3n) is 4.34. The van der Waals surface area contributed by atoms with E-state index in [-0.39, 0.29) is 18.5 Å². The normalized spacial score (nSPS) is 11.5. The molecule has 0 N–H and O–H groups in total. The standard InChI is InChI=1S/C22H26BrNO4/c1-3-28-22(26)20(16-17-8-5-4-6-9-17)24(15-7-14-23)21(25)18-10-12-19(27-2)13-11-18/h4-6,8-13,20H,3,7,14-16H2,1-2H3/t20-/m0/s1. The van der Waals surface area contributed by atoms with Gasteiger partial charge in [-0.15, -0.1) is 0 Å². The highest BCUT2D eigenvalue weighted by Gasteiger charge is 2.31. The van der Waals surface area contributed by atoms with Crippen LogP contribution in [0.5, 0.6) is 5.75 Å². The van der Waals surface area contributed by atoms with Crippen molar-refractivity contribution in [2.24, 2.45) is 0 Å². The molecule has 0 radical (unpaired) electrons. The number of amides is 1. The molecule has 0 aromatic heterocycles. The first kappa shape index (κ1) is 22.0. The maximum atomic E-state index is 13.3. The summed E-state index contributed by atoms with van der Waals surface area (Å²) in [5.74, 6) is 0.0927. The highest BCUT2D eigenvalue weighted by Crippen LogP contribution is 2.18. The molecule has 0 fully saturated rings. The molecule has 0 bridgehead atoms. The van der Waals surface area contributed by atoms with Gasteiger partial charge >= 0.3 is 5.97 Å². The van der Waals surface area contributed by atoms with Gasteiger partial charge in [-0.3, -0.25) is 4.79 Å². The Hall–Kier alpha value is -2.34. The molecule has 5 nitrogen and oxygen atoms in total. The number of carbonyl (C=O) groups is 2. The van der Waals surface area contributed by atoms with Gasteiger partial charge in [-0.1, -0.05) is 46.3 Å². The van der Waals surface area contributed by atoms with Crippen LogP contribution in [-0.4, -0.2) is 48.4 Å². The fourth-order valence-corrected chi connectivity index (χ4v) is 3.18. The SMILES string of the molecule is CCOC(=O)[C@H](Cc1ccccc1)N(CCCBr)C(=O)c1ccc(OC)cc1. The molecule has 0 aliphatic heterocycles. The summed E-state index contributed by atoms with van der Waals surface area (Å²) >= 11 is 3.42. The second-order valence-corrected chi connectivity index (χ2v) is 7.02. The third-order valence-corrected chi connectivity index (χ3v) is 4.90. The van der Waals surface area contributed by atoms with Crippen molar-refractivity contribution in [3.05, 3.63) is 65.7 Å². The lowest BCUT2D eigenvalue weighted by Crippen LogP contribution is -2.47. The van der Waals surface area contributed by atoms with Gasteiger partial charge in [0.15, 0.2) is 0 Å². The van der Waals surface area contributed by atoms with E-state index in [9.17, 15) is 9.59 Å². The molecule has 0 saturated heterocycles. The van der Waals surface area contributed by atoms with E-state index in [4.69, 9.17) is 9.47 Å². The van der Waals surface area contributed by atoms with Crippen molar-refractivity contribution < 1.29 is 19.1 Å². The molecule has 0 saturated carbocycles. The lowest BCUT2D eigenvalue weighted by atomic mass is 10.0. The average Bonchev–Trinajstić information content (AvgIpc) is 2.74. The highest BCUT2D eigenvalue weighted by molar-refractivity contribution is 9.09. The molecular weight excluding hydrogens is 422 g/mol. The molecule has 150 valence electrons. The van der Waals surface area contributed by atoms with E-state index < -0.39 is 6.04 Å². The predicted octanol–water partition coefficient (Wildman–Crippen LogP) is 4.10. The van der Waals surface area contributed by atoms with E-state index in [1.54, 1.807) is 43.2 Å². The summed E-state index contributed by atoms with van der Waals surface area (Å²) in [5.41, 5.74) is 1.49. The molecule has 0 aliphatic rings. The molecule has 1 amide bonds. The van der Waals surface area contributed by atoms with Crippen LogP contribution in [-0.2, 0) is 16.0 Å². The molecule has 28 heavy (non-hydrogen) atoms. The molecule has 2 aromatic carbocycles. The Kier molecular flexibility index (Phi) is 9.01. The number of methoxy groups -OCH3 is 1. The maximum Gasteiger partial charge on any atom is 0.329 e. The summed E-state index contributed by atoms with van der Waals surface area (Å²) in [6.45, 7) is 2.49. The second-order valence-electron chi connectivity index (χ2n) is 6.23. The number of rotatable bonds is 10. The van der Waals surface area contributed by atoms with E-state index in [0.29, 0.717) is 24.3 Å². The third kappa shape index (κ3) is 6.09. The van der Waals surface area contributed by atoms with E-state index in [1.165, 1.54) is 0 Å². The van der Waals surface area contributed by atoms with Crippen molar-refractivity contribution in [2.75, 3.05) is 25.6 Å². The minimum absolute atomic E-state index is 0.197. The summed E-state index contributed by atoms with van der Waals surface area (Å²) in [7, 11) is 1.58. The molecular formula is C22H26BrNO4. The van der Waals surface area contributed by atoms with Crippen LogP contribution in [0.15, 0.2) is 54.6 Å². The van der Waals surface area contributed by atoms with E-state index in [1.807, 2.05) is 30.3 Å². The number of hydrogen-bond donors (Lipinski definition) is 0. The quantitative estimate of drug-likeness (QED) is 0.406. The Bertz CT molecular complexity index is 749. The van der Waals surface area contributed by atoms with Crippen molar-refractivity contribution in [1.82, 2.24) is 4.90 Å². The van der Waals surface area contributed by atoms with Crippen molar-refractivity contribution in [1.29, 1.82) is 0 Å². The number of alkyl halides is 1. The summed E-state index contributed by atoms with van der Waals surface area (Å²) in [6.07, 6.45) is 1.14. The Morgan fingerprint density at radius 2 is 1.75 bits per heavy atom. The second kappa shape index (κ2) is 11.5. The zero-order valence-electron chi connectivity index (χ0n) is 16.3. The van der Waals surface area contributed by atoms with Crippen molar-refractivity contribution in [3.63, 3.8) is 0 Å². The fourth-order valence-electron chi connectivity index (χ4n) is 2.93. The summed E-state index contributed by atoms with van der Waals surface area (Å²) < 4.78 is 10.5. The van der Waals surface area contributed by atoms with Crippen molar-refractivity contribution in [2.45, 2.75) is 25.8 Å². The number of halogens is 1. The molecule has 0 aliphatic carbocycles. The highest BCUT2D eigenvalue weighted by atomic mass is 79.9. The Labute approximate surface area is 174 Å². The summed E-state index contributed by atoms with van der Waals surface area (Å²) in [5, 5.41) is 0.736. The van der Waals surface area contributed by atoms with E-state index in [2.05, 4.69) is 15.9 Å². The van der Waals surface area contributed by atoms with Crippen LogP contribution in [0, 0.1) is 0 Å². The zero-order valence-corrected chi connectivity index (χ0v) is 17.9. The van der Waals surface area contributed by atoms with Gasteiger partial charge in [0, 0.05) is 23.9 Å².